The van der Waals surface area contributed by atoms with Crippen LogP contribution in [-0.2, 0) is 0 Å². The number of phenolic OH excluding ortho intramolecular Hbond substituents is 1. The first-order chi connectivity index (χ1) is 8.65. The van der Waals surface area contributed by atoms with Crippen molar-refractivity contribution in [1.29, 1.82) is 0 Å². The Bertz CT molecular complexity index is 488. The number of aliphatic hydroxyl groups is 1. The molecule has 2 aromatic carbocycles. The molecule has 3 nitrogen and oxygen atoms in total. The third-order valence-electron chi connectivity index (χ3n) is 2.71. The monoisotopic (exact) mass is 244 g/mol. The van der Waals surface area contributed by atoms with Gasteiger partial charge in [0, 0.05) is 0 Å². The number of aliphatic hydroxyl groups excluding tert-OH is 1. The molecule has 2 N–H and O–H groups in total. The number of hydrogen-bond donors (Lipinski definition) is 2. The first kappa shape index (κ1) is 12.5. The van der Waals surface area contributed by atoms with Crippen LogP contribution in [0.4, 0.5) is 0 Å². The summed E-state index contributed by atoms with van der Waals surface area (Å²) in [5.41, 5.74) is 1.89. The predicted octanol–water partition coefficient (Wildman–Crippen LogP) is 2.81. The van der Waals surface area contributed by atoms with Crippen LogP contribution in [0, 0.1) is 6.92 Å². The second-order valence-electron chi connectivity index (χ2n) is 4.23. The van der Waals surface area contributed by atoms with Gasteiger partial charge in [-0.1, -0.05) is 29.8 Å². The summed E-state index contributed by atoms with van der Waals surface area (Å²) in [6, 6.07) is 14.1. The van der Waals surface area contributed by atoms with Gasteiger partial charge < -0.3 is 14.9 Å². The zero-order valence-electron chi connectivity index (χ0n) is 10.2. The maximum Gasteiger partial charge on any atom is 0.119 e. The zero-order chi connectivity index (χ0) is 13.0. The summed E-state index contributed by atoms with van der Waals surface area (Å²) in [4.78, 5) is 0. The third-order valence-corrected chi connectivity index (χ3v) is 2.71. The molecule has 0 aliphatic rings. The van der Waals surface area contributed by atoms with E-state index >= 15 is 0 Å². The number of aromatic hydroxyl groups is 1. The van der Waals surface area contributed by atoms with Crippen LogP contribution in [0.2, 0.25) is 0 Å². The van der Waals surface area contributed by atoms with Gasteiger partial charge in [0.2, 0.25) is 0 Å². The van der Waals surface area contributed by atoms with E-state index < -0.39 is 6.10 Å². The van der Waals surface area contributed by atoms with Gasteiger partial charge in [0.25, 0.3) is 0 Å². The second-order valence-corrected chi connectivity index (χ2v) is 4.23. The van der Waals surface area contributed by atoms with Gasteiger partial charge in [-0.2, -0.15) is 0 Å². The van der Waals surface area contributed by atoms with Gasteiger partial charge >= 0.3 is 0 Å². The summed E-state index contributed by atoms with van der Waals surface area (Å²) >= 11 is 0. The Balaban J connectivity index is 1.93. The molecule has 0 aliphatic carbocycles. The highest BCUT2D eigenvalue weighted by Crippen LogP contribution is 2.19. The molecule has 94 valence electrons. The molecule has 0 aromatic heterocycles. The smallest absolute Gasteiger partial charge is 0.119 e. The highest BCUT2D eigenvalue weighted by atomic mass is 16.5. The minimum atomic E-state index is -0.702. The molecular formula is C15H16O3. The minimum absolute atomic E-state index is 0.186. The number of hydrogen-bond acceptors (Lipinski definition) is 3. The van der Waals surface area contributed by atoms with E-state index in [9.17, 15) is 5.11 Å². The van der Waals surface area contributed by atoms with Gasteiger partial charge in [-0.25, -0.2) is 0 Å². The Morgan fingerprint density at radius 1 is 1.00 bits per heavy atom. The summed E-state index contributed by atoms with van der Waals surface area (Å²) in [6.07, 6.45) is -0.702. The lowest BCUT2D eigenvalue weighted by molar-refractivity contribution is 0.108. The maximum atomic E-state index is 9.92. The normalized spacial score (nSPS) is 12.1. The van der Waals surface area contributed by atoms with Crippen LogP contribution in [-0.4, -0.2) is 16.8 Å². The molecule has 0 fully saturated rings. The number of benzene rings is 2. The van der Waals surface area contributed by atoms with Crippen molar-refractivity contribution in [3.05, 3.63) is 59.7 Å². The van der Waals surface area contributed by atoms with Crippen molar-refractivity contribution < 1.29 is 14.9 Å². The van der Waals surface area contributed by atoms with Crippen LogP contribution in [0.25, 0.3) is 0 Å². The van der Waals surface area contributed by atoms with E-state index in [2.05, 4.69) is 0 Å². The molecule has 2 aromatic rings. The molecule has 18 heavy (non-hydrogen) atoms. The fourth-order valence-electron chi connectivity index (χ4n) is 1.60. The van der Waals surface area contributed by atoms with Gasteiger partial charge in [-0.15, -0.1) is 0 Å². The van der Waals surface area contributed by atoms with Gasteiger partial charge in [-0.05, 0) is 36.8 Å². The lowest BCUT2D eigenvalue weighted by Gasteiger charge is -2.12. The minimum Gasteiger partial charge on any atom is -0.508 e. The summed E-state index contributed by atoms with van der Waals surface area (Å²) < 4.78 is 5.49. The Kier molecular flexibility index (Phi) is 3.85. The average Bonchev–Trinajstić information content (AvgIpc) is 2.38. The summed E-state index contributed by atoms with van der Waals surface area (Å²) in [6.45, 7) is 2.20. The summed E-state index contributed by atoms with van der Waals surface area (Å²) in [5, 5.41) is 19.1. The van der Waals surface area contributed by atoms with Crippen LogP contribution < -0.4 is 4.74 Å². The zero-order valence-corrected chi connectivity index (χ0v) is 10.2. The molecule has 0 aliphatic heterocycles. The molecule has 0 bridgehead atoms. The third kappa shape index (κ3) is 3.25. The Hall–Kier alpha value is -2.00. The topological polar surface area (TPSA) is 49.7 Å². The van der Waals surface area contributed by atoms with E-state index in [4.69, 9.17) is 9.84 Å². The number of aryl methyl sites for hydroxylation is 1. The van der Waals surface area contributed by atoms with Crippen LogP contribution in [0.15, 0.2) is 48.5 Å². The Morgan fingerprint density at radius 3 is 2.22 bits per heavy atom. The van der Waals surface area contributed by atoms with E-state index in [1.165, 1.54) is 5.56 Å². The van der Waals surface area contributed by atoms with Crippen molar-refractivity contribution in [3.63, 3.8) is 0 Å². The summed E-state index contributed by atoms with van der Waals surface area (Å²) in [7, 11) is 0. The molecular weight excluding hydrogens is 228 g/mol. The van der Waals surface area contributed by atoms with E-state index in [0.717, 1.165) is 11.3 Å². The van der Waals surface area contributed by atoms with Crippen molar-refractivity contribution in [2.24, 2.45) is 0 Å². The van der Waals surface area contributed by atoms with Crippen LogP contribution in [0.3, 0.4) is 0 Å². The first-order valence-electron chi connectivity index (χ1n) is 5.81. The molecule has 0 radical (unpaired) electrons. The van der Waals surface area contributed by atoms with Crippen LogP contribution >= 0.6 is 0 Å². The van der Waals surface area contributed by atoms with Gasteiger partial charge in [0.05, 0.1) is 0 Å². The fraction of sp³-hybridized carbons (Fsp3) is 0.200. The molecule has 1 atom stereocenters. The molecule has 0 amide bonds. The van der Waals surface area contributed by atoms with E-state index in [0.29, 0.717) is 0 Å². The molecule has 0 spiro atoms. The van der Waals surface area contributed by atoms with E-state index in [1.54, 1.807) is 24.3 Å². The van der Waals surface area contributed by atoms with Gasteiger partial charge in [0.1, 0.15) is 24.2 Å². The standard InChI is InChI=1S/C15H16O3/c1-11-2-8-14(9-3-11)18-10-15(17)12-4-6-13(16)7-5-12/h2-9,15-17H,10H2,1H3. The Labute approximate surface area is 106 Å². The second kappa shape index (κ2) is 5.56. The van der Waals surface area contributed by atoms with Crippen molar-refractivity contribution in [2.45, 2.75) is 13.0 Å². The number of ether oxygens (including phenoxy) is 1. The van der Waals surface area contributed by atoms with Crippen LogP contribution in [0.1, 0.15) is 17.2 Å². The largest absolute Gasteiger partial charge is 0.508 e. The molecule has 0 saturated carbocycles. The Morgan fingerprint density at radius 2 is 1.61 bits per heavy atom. The number of phenols is 1. The lowest BCUT2D eigenvalue weighted by Crippen LogP contribution is -2.09. The van der Waals surface area contributed by atoms with E-state index in [-0.39, 0.29) is 12.4 Å². The lowest BCUT2D eigenvalue weighted by atomic mass is 10.1. The molecule has 0 saturated heterocycles. The quantitative estimate of drug-likeness (QED) is 0.869. The average molecular weight is 244 g/mol. The van der Waals surface area contributed by atoms with Gasteiger partial charge in [0.15, 0.2) is 0 Å². The van der Waals surface area contributed by atoms with Crippen molar-refractivity contribution >= 4 is 0 Å². The highest BCUT2D eigenvalue weighted by molar-refractivity contribution is 5.28. The van der Waals surface area contributed by atoms with Crippen molar-refractivity contribution in [3.8, 4) is 11.5 Å². The highest BCUT2D eigenvalue weighted by Gasteiger charge is 2.08. The fourth-order valence-corrected chi connectivity index (χ4v) is 1.60. The molecule has 2 rings (SSSR count). The molecule has 0 heterocycles. The van der Waals surface area contributed by atoms with Crippen molar-refractivity contribution in [1.82, 2.24) is 0 Å². The SMILES string of the molecule is Cc1ccc(OCC(O)c2ccc(O)cc2)cc1. The predicted molar refractivity (Wildman–Crippen MR) is 69.7 cm³/mol. The maximum absolute atomic E-state index is 9.92. The summed E-state index contributed by atoms with van der Waals surface area (Å²) in [5.74, 6) is 0.920. The first-order valence-corrected chi connectivity index (χ1v) is 5.81. The van der Waals surface area contributed by atoms with Gasteiger partial charge in [-0.3, -0.25) is 0 Å². The molecule has 1 unspecified atom stereocenters. The van der Waals surface area contributed by atoms with E-state index in [1.807, 2.05) is 31.2 Å². The molecule has 3 heteroatoms. The number of rotatable bonds is 4. The van der Waals surface area contributed by atoms with Crippen LogP contribution in [0.5, 0.6) is 11.5 Å². The van der Waals surface area contributed by atoms with Crippen molar-refractivity contribution in [2.75, 3.05) is 6.61 Å².